The Hall–Kier alpha value is -1.35. The molecular weight excluding hydrogens is 465 g/mol. The second-order valence-electron chi connectivity index (χ2n) is 7.57. The van der Waals surface area contributed by atoms with E-state index >= 15 is 0 Å². The second-order valence-corrected chi connectivity index (χ2v) is 7.57. The van der Waals surface area contributed by atoms with E-state index in [9.17, 15) is 4.79 Å². The third kappa shape index (κ3) is 8.34. The number of hydrogen-bond acceptors (Lipinski definition) is 3. The van der Waals surface area contributed by atoms with Gasteiger partial charge in [-0.2, -0.15) is 0 Å². The number of likely N-dealkylation sites (tertiary alicyclic amines) is 1. The molecule has 1 aliphatic rings. The van der Waals surface area contributed by atoms with E-state index in [-0.39, 0.29) is 36.4 Å². The average molecular weight is 501 g/mol. The molecule has 1 aromatic rings. The van der Waals surface area contributed by atoms with Crippen molar-refractivity contribution in [3.8, 4) is 0 Å². The van der Waals surface area contributed by atoms with Gasteiger partial charge in [-0.25, -0.2) is 4.99 Å². The molecular formula is C21H36IN5O. The molecule has 28 heavy (non-hydrogen) atoms. The van der Waals surface area contributed by atoms with Crippen molar-refractivity contribution in [2.75, 3.05) is 33.7 Å². The molecule has 7 heteroatoms. The zero-order chi connectivity index (χ0) is 19.6. The minimum Gasteiger partial charge on any atom is -0.356 e. The molecule has 6 nitrogen and oxygen atoms in total. The van der Waals surface area contributed by atoms with E-state index in [0.717, 1.165) is 44.9 Å². The van der Waals surface area contributed by atoms with Gasteiger partial charge >= 0.3 is 0 Å². The van der Waals surface area contributed by atoms with Crippen LogP contribution in [0, 0.1) is 0 Å². The molecule has 0 spiro atoms. The summed E-state index contributed by atoms with van der Waals surface area (Å²) in [6.07, 6.45) is 3.29. The van der Waals surface area contributed by atoms with Crippen LogP contribution in [0.1, 0.15) is 38.7 Å². The van der Waals surface area contributed by atoms with Crippen LogP contribution in [0.2, 0.25) is 0 Å². The van der Waals surface area contributed by atoms with Gasteiger partial charge in [0.15, 0.2) is 5.96 Å². The Bertz CT molecular complexity index is 608. The Morgan fingerprint density at radius 1 is 1.29 bits per heavy atom. The van der Waals surface area contributed by atoms with Crippen molar-refractivity contribution in [1.29, 1.82) is 0 Å². The molecule has 0 aliphatic carbocycles. The smallest absolute Gasteiger partial charge is 0.243 e. The summed E-state index contributed by atoms with van der Waals surface area (Å²) in [4.78, 5) is 20.5. The predicted octanol–water partition coefficient (Wildman–Crippen LogP) is 2.69. The normalized spacial score (nSPS) is 19.8. The van der Waals surface area contributed by atoms with Crippen molar-refractivity contribution in [3.63, 3.8) is 0 Å². The average Bonchev–Trinajstić information content (AvgIpc) is 2.99. The molecule has 0 saturated carbocycles. The van der Waals surface area contributed by atoms with Crippen LogP contribution >= 0.6 is 24.0 Å². The highest BCUT2D eigenvalue weighted by molar-refractivity contribution is 14.0. The van der Waals surface area contributed by atoms with Crippen LogP contribution in [0.3, 0.4) is 0 Å². The highest BCUT2D eigenvalue weighted by Crippen LogP contribution is 2.20. The minimum atomic E-state index is 0. The van der Waals surface area contributed by atoms with E-state index in [1.54, 1.807) is 19.0 Å². The molecule has 2 unspecified atom stereocenters. The van der Waals surface area contributed by atoms with Gasteiger partial charge in [-0.05, 0) is 25.3 Å². The van der Waals surface area contributed by atoms with Crippen molar-refractivity contribution in [2.24, 2.45) is 4.99 Å². The number of likely N-dealkylation sites (N-methyl/N-ethyl adjacent to an activating group) is 1. The van der Waals surface area contributed by atoms with E-state index in [4.69, 9.17) is 0 Å². The number of unbranched alkanes of at least 4 members (excludes halogenated alkanes) is 1. The maximum atomic E-state index is 11.9. The molecule has 1 heterocycles. The molecule has 2 rings (SSSR count). The number of hydrogen-bond donors (Lipinski definition) is 2. The Morgan fingerprint density at radius 2 is 2.00 bits per heavy atom. The largest absolute Gasteiger partial charge is 0.356 e. The van der Waals surface area contributed by atoms with Gasteiger partial charge in [-0.1, -0.05) is 43.7 Å². The monoisotopic (exact) mass is 501 g/mol. The fourth-order valence-electron chi connectivity index (χ4n) is 3.26. The Kier molecular flexibility index (Phi) is 11.4. The second kappa shape index (κ2) is 13.0. The third-order valence-corrected chi connectivity index (χ3v) is 4.97. The third-order valence-electron chi connectivity index (χ3n) is 4.97. The first-order valence-electron chi connectivity index (χ1n) is 10.0. The molecule has 2 atom stereocenters. The lowest BCUT2D eigenvalue weighted by Crippen LogP contribution is -2.45. The first kappa shape index (κ1) is 24.7. The Labute approximate surface area is 187 Å². The van der Waals surface area contributed by atoms with Crippen LogP contribution in [0.25, 0.3) is 0 Å². The maximum absolute atomic E-state index is 11.9. The zero-order valence-electron chi connectivity index (χ0n) is 17.6. The van der Waals surface area contributed by atoms with Crippen LogP contribution in [0.4, 0.5) is 0 Å². The van der Waals surface area contributed by atoms with Gasteiger partial charge in [0.2, 0.25) is 5.91 Å². The quantitative estimate of drug-likeness (QED) is 0.249. The molecule has 158 valence electrons. The van der Waals surface area contributed by atoms with Crippen LogP contribution in [0.15, 0.2) is 35.3 Å². The first-order valence-corrected chi connectivity index (χ1v) is 10.0. The number of carbonyl (C=O) groups is 1. The Balaban J connectivity index is 0.00000392. The number of halogens is 1. The van der Waals surface area contributed by atoms with Gasteiger partial charge in [0.25, 0.3) is 0 Å². The summed E-state index contributed by atoms with van der Waals surface area (Å²) in [5, 5.41) is 6.91. The van der Waals surface area contributed by atoms with Gasteiger partial charge in [-0.3, -0.25) is 9.69 Å². The van der Waals surface area contributed by atoms with Crippen molar-refractivity contribution >= 4 is 35.8 Å². The van der Waals surface area contributed by atoms with E-state index in [1.807, 2.05) is 0 Å². The van der Waals surface area contributed by atoms with Gasteiger partial charge in [0.05, 0.1) is 0 Å². The number of benzene rings is 1. The topological polar surface area (TPSA) is 60.0 Å². The highest BCUT2D eigenvalue weighted by Gasteiger charge is 2.29. The summed E-state index contributed by atoms with van der Waals surface area (Å²) < 4.78 is 0. The van der Waals surface area contributed by atoms with Crippen molar-refractivity contribution in [2.45, 2.75) is 51.7 Å². The van der Waals surface area contributed by atoms with E-state index in [1.165, 1.54) is 5.56 Å². The van der Waals surface area contributed by atoms with Gasteiger partial charge in [-0.15, -0.1) is 24.0 Å². The van der Waals surface area contributed by atoms with E-state index in [2.05, 4.69) is 64.7 Å². The molecule has 1 aliphatic heterocycles. The predicted molar refractivity (Wildman–Crippen MR) is 127 cm³/mol. The van der Waals surface area contributed by atoms with Gasteiger partial charge < -0.3 is 15.5 Å². The van der Waals surface area contributed by atoms with Crippen molar-refractivity contribution in [3.05, 3.63) is 35.9 Å². The number of carbonyl (C=O) groups excluding carboxylic acids is 1. The summed E-state index contributed by atoms with van der Waals surface area (Å²) in [6, 6.07) is 11.5. The molecule has 0 aromatic heterocycles. The lowest BCUT2D eigenvalue weighted by molar-refractivity contribution is -0.127. The number of amides is 1. The Morgan fingerprint density at radius 3 is 2.64 bits per heavy atom. The van der Waals surface area contributed by atoms with Crippen LogP contribution in [-0.4, -0.2) is 67.5 Å². The van der Waals surface area contributed by atoms with E-state index in [0.29, 0.717) is 12.1 Å². The summed E-state index contributed by atoms with van der Waals surface area (Å²) in [6.45, 7) is 7.43. The molecule has 1 amide bonds. The summed E-state index contributed by atoms with van der Waals surface area (Å²) in [7, 11) is 3.52. The lowest BCUT2D eigenvalue weighted by Gasteiger charge is -2.21. The SMILES string of the molecule is CCCCNC(=NCC(=O)N(C)C)NC1CC(C)N(Cc2ccccc2)C1.I. The van der Waals surface area contributed by atoms with Crippen LogP contribution < -0.4 is 10.6 Å². The molecule has 0 radical (unpaired) electrons. The van der Waals surface area contributed by atoms with E-state index < -0.39 is 0 Å². The zero-order valence-corrected chi connectivity index (χ0v) is 20.0. The van der Waals surface area contributed by atoms with Crippen molar-refractivity contribution < 1.29 is 4.79 Å². The molecule has 0 bridgehead atoms. The standard InChI is InChI=1S/C21H35N5O.HI/c1-5-6-12-22-21(23-14-20(27)25(3)4)24-19-13-17(2)26(16-19)15-18-10-8-7-9-11-18;/h7-11,17,19H,5-6,12-16H2,1-4H3,(H2,22,23,24);1H. The lowest BCUT2D eigenvalue weighted by atomic mass is 10.2. The minimum absolute atomic E-state index is 0. The molecule has 1 fully saturated rings. The number of guanidine groups is 1. The molecule has 2 N–H and O–H groups in total. The van der Waals surface area contributed by atoms with Crippen LogP contribution in [-0.2, 0) is 11.3 Å². The number of nitrogens with one attached hydrogen (secondary N) is 2. The summed E-state index contributed by atoms with van der Waals surface area (Å²) in [5.41, 5.74) is 1.34. The van der Waals surface area contributed by atoms with Crippen molar-refractivity contribution in [1.82, 2.24) is 20.4 Å². The first-order chi connectivity index (χ1) is 13.0. The number of rotatable bonds is 8. The van der Waals surface area contributed by atoms with Gasteiger partial charge in [0.1, 0.15) is 6.54 Å². The van der Waals surface area contributed by atoms with Crippen LogP contribution in [0.5, 0.6) is 0 Å². The fourth-order valence-corrected chi connectivity index (χ4v) is 3.26. The fraction of sp³-hybridized carbons (Fsp3) is 0.619. The molecule has 1 aromatic carbocycles. The number of nitrogens with zero attached hydrogens (tertiary/aromatic N) is 3. The molecule has 1 saturated heterocycles. The summed E-state index contributed by atoms with van der Waals surface area (Å²) >= 11 is 0. The number of aliphatic imine (C=N–C) groups is 1. The highest BCUT2D eigenvalue weighted by atomic mass is 127. The summed E-state index contributed by atoms with van der Waals surface area (Å²) in [5.74, 6) is 0.759. The van der Waals surface area contributed by atoms with Gasteiger partial charge in [0, 0.05) is 45.8 Å². The maximum Gasteiger partial charge on any atom is 0.243 e.